The summed E-state index contributed by atoms with van der Waals surface area (Å²) in [5, 5.41) is 1.81. The normalized spacial score (nSPS) is 21.4. The molecule has 190 valence electrons. The molecule has 0 aliphatic carbocycles. The largest absolute Gasteiger partial charge is 0.465 e. The number of rotatable bonds is 4. The number of methoxy groups -OCH3 is 1. The Labute approximate surface area is 213 Å². The van der Waals surface area contributed by atoms with Crippen molar-refractivity contribution in [3.63, 3.8) is 0 Å². The molecule has 0 saturated carbocycles. The molecular weight excluding hydrogens is 513 g/mol. The standard InChI is InChI=1S/C26H18ClF3N2O5/c1-36-25(35)15-4-10-18(11-5-15)31-23(33)20-21(14-2-6-16(7-3-14)26(28,29)30)32(37-22(20)24(31)34)19-12-8-17(27)9-13-19/h2-13,20-22H,1H3/t20-,21+,22+/m1/s1. The molecule has 0 N–H and O–H groups in total. The number of ether oxygens (including phenoxy) is 1. The zero-order chi connectivity index (χ0) is 26.5. The first kappa shape index (κ1) is 24.8. The van der Waals surface area contributed by atoms with Crippen molar-refractivity contribution >= 4 is 40.8 Å². The van der Waals surface area contributed by atoms with Crippen molar-refractivity contribution in [1.82, 2.24) is 0 Å². The van der Waals surface area contributed by atoms with Gasteiger partial charge < -0.3 is 4.74 Å². The second-order valence-corrected chi connectivity index (χ2v) is 8.91. The van der Waals surface area contributed by atoms with Crippen LogP contribution < -0.4 is 9.96 Å². The summed E-state index contributed by atoms with van der Waals surface area (Å²) < 4.78 is 44.2. The molecule has 0 spiro atoms. The van der Waals surface area contributed by atoms with Crippen molar-refractivity contribution < 1.29 is 37.1 Å². The lowest BCUT2D eigenvalue weighted by Crippen LogP contribution is -2.37. The Morgan fingerprint density at radius 3 is 2.05 bits per heavy atom. The highest BCUT2D eigenvalue weighted by molar-refractivity contribution is 6.30. The van der Waals surface area contributed by atoms with E-state index in [9.17, 15) is 27.6 Å². The minimum absolute atomic E-state index is 0.227. The van der Waals surface area contributed by atoms with Crippen LogP contribution in [-0.4, -0.2) is 31.0 Å². The number of fused-ring (bicyclic) bond motifs is 1. The van der Waals surface area contributed by atoms with E-state index in [4.69, 9.17) is 16.4 Å². The van der Waals surface area contributed by atoms with Crippen LogP contribution in [0.3, 0.4) is 0 Å². The van der Waals surface area contributed by atoms with Gasteiger partial charge in [0.05, 0.1) is 35.7 Å². The summed E-state index contributed by atoms with van der Waals surface area (Å²) in [5.74, 6) is -2.83. The molecular formula is C26H18ClF3N2O5. The Balaban J connectivity index is 1.53. The molecule has 2 aliphatic heterocycles. The fourth-order valence-corrected chi connectivity index (χ4v) is 4.68. The summed E-state index contributed by atoms with van der Waals surface area (Å²) in [6.45, 7) is 0. The first-order valence-corrected chi connectivity index (χ1v) is 11.4. The molecule has 37 heavy (non-hydrogen) atoms. The van der Waals surface area contributed by atoms with Crippen LogP contribution in [0.1, 0.15) is 27.5 Å². The number of alkyl halides is 3. The average Bonchev–Trinajstić information content (AvgIpc) is 3.39. The average molecular weight is 531 g/mol. The van der Waals surface area contributed by atoms with Crippen LogP contribution in [0.25, 0.3) is 0 Å². The lowest BCUT2D eigenvalue weighted by Gasteiger charge is -2.29. The van der Waals surface area contributed by atoms with Crippen LogP contribution in [-0.2, 0) is 25.3 Å². The zero-order valence-corrected chi connectivity index (χ0v) is 19.9. The highest BCUT2D eigenvalue weighted by Gasteiger charge is 2.60. The SMILES string of the molecule is COC(=O)c1ccc(N2C(=O)[C@H]3[C@H](ON(c4ccc(Cl)cc4)[C@H]3c3ccc(C(F)(F)F)cc3)C2=O)cc1. The van der Waals surface area contributed by atoms with Crippen LogP contribution in [0, 0.1) is 5.92 Å². The number of halogens is 4. The maximum Gasteiger partial charge on any atom is 0.416 e. The minimum atomic E-state index is -4.53. The predicted molar refractivity (Wildman–Crippen MR) is 127 cm³/mol. The number of nitrogens with zero attached hydrogens (tertiary/aromatic N) is 2. The molecule has 0 bridgehead atoms. The third-order valence-electron chi connectivity index (χ3n) is 6.32. The van der Waals surface area contributed by atoms with Gasteiger partial charge in [0.15, 0.2) is 6.10 Å². The van der Waals surface area contributed by atoms with Crippen LogP contribution in [0.15, 0.2) is 72.8 Å². The molecule has 3 aromatic carbocycles. The van der Waals surface area contributed by atoms with E-state index >= 15 is 0 Å². The maximum absolute atomic E-state index is 13.6. The molecule has 11 heteroatoms. The van der Waals surface area contributed by atoms with Crippen LogP contribution in [0.2, 0.25) is 5.02 Å². The van der Waals surface area contributed by atoms with Gasteiger partial charge in [0, 0.05) is 5.02 Å². The number of imide groups is 1. The van der Waals surface area contributed by atoms with Gasteiger partial charge in [-0.3, -0.25) is 14.4 Å². The Hall–Kier alpha value is -3.89. The highest BCUT2D eigenvalue weighted by Crippen LogP contribution is 2.48. The van der Waals surface area contributed by atoms with E-state index in [1.807, 2.05) is 0 Å². The van der Waals surface area contributed by atoms with Gasteiger partial charge in [-0.15, -0.1) is 0 Å². The van der Waals surface area contributed by atoms with Gasteiger partial charge in [0.2, 0.25) is 5.91 Å². The summed E-state index contributed by atoms with van der Waals surface area (Å²) in [6, 6.07) is 15.6. The molecule has 2 saturated heterocycles. The van der Waals surface area contributed by atoms with E-state index < -0.39 is 47.6 Å². The summed E-state index contributed by atoms with van der Waals surface area (Å²) in [7, 11) is 1.23. The molecule has 5 rings (SSSR count). The monoisotopic (exact) mass is 530 g/mol. The number of anilines is 2. The number of benzene rings is 3. The van der Waals surface area contributed by atoms with Crippen LogP contribution >= 0.6 is 11.6 Å². The topological polar surface area (TPSA) is 76.2 Å². The molecule has 0 aromatic heterocycles. The van der Waals surface area contributed by atoms with Crippen molar-refractivity contribution in [2.75, 3.05) is 17.1 Å². The van der Waals surface area contributed by atoms with Gasteiger partial charge >= 0.3 is 12.1 Å². The highest BCUT2D eigenvalue weighted by atomic mass is 35.5. The first-order valence-electron chi connectivity index (χ1n) is 11.0. The van der Waals surface area contributed by atoms with E-state index in [2.05, 4.69) is 4.74 Å². The number of esters is 1. The number of hydrogen-bond acceptors (Lipinski definition) is 6. The van der Waals surface area contributed by atoms with Crippen molar-refractivity contribution in [2.24, 2.45) is 5.92 Å². The second kappa shape index (κ2) is 9.20. The van der Waals surface area contributed by atoms with Gasteiger partial charge in [0.1, 0.15) is 5.92 Å². The molecule has 2 fully saturated rings. The fourth-order valence-electron chi connectivity index (χ4n) is 4.55. The Bertz CT molecular complexity index is 1360. The van der Waals surface area contributed by atoms with Gasteiger partial charge in [0.25, 0.3) is 5.91 Å². The molecule has 2 aliphatic rings. The van der Waals surface area contributed by atoms with Gasteiger partial charge in [-0.05, 0) is 66.2 Å². The van der Waals surface area contributed by atoms with Crippen molar-refractivity contribution in [3.8, 4) is 0 Å². The predicted octanol–water partition coefficient (Wildman–Crippen LogP) is 5.20. The number of hydrogen-bond donors (Lipinski definition) is 0. The summed E-state index contributed by atoms with van der Waals surface area (Å²) >= 11 is 5.99. The van der Waals surface area contributed by atoms with Gasteiger partial charge in [-0.1, -0.05) is 23.7 Å². The number of amides is 2. The Morgan fingerprint density at radius 1 is 0.892 bits per heavy atom. The molecule has 3 atom stereocenters. The summed E-state index contributed by atoms with van der Waals surface area (Å²) in [4.78, 5) is 45.7. The fraction of sp³-hybridized carbons (Fsp3) is 0.192. The second-order valence-electron chi connectivity index (χ2n) is 8.47. The Morgan fingerprint density at radius 2 is 1.49 bits per heavy atom. The molecule has 0 radical (unpaired) electrons. The third-order valence-corrected chi connectivity index (χ3v) is 6.57. The molecule has 0 unspecified atom stereocenters. The minimum Gasteiger partial charge on any atom is -0.465 e. The lowest BCUT2D eigenvalue weighted by molar-refractivity contribution is -0.137. The maximum atomic E-state index is 13.6. The summed E-state index contributed by atoms with van der Waals surface area (Å²) in [5.41, 5.74) is 0.451. The van der Waals surface area contributed by atoms with E-state index in [1.165, 1.54) is 48.6 Å². The van der Waals surface area contributed by atoms with E-state index in [0.29, 0.717) is 16.3 Å². The van der Waals surface area contributed by atoms with E-state index in [1.54, 1.807) is 24.3 Å². The number of carbonyl (C=O) groups excluding carboxylic acids is 3. The molecule has 2 amide bonds. The molecule has 2 heterocycles. The molecule has 3 aromatic rings. The number of carbonyl (C=O) groups is 3. The lowest BCUT2D eigenvalue weighted by atomic mass is 9.90. The van der Waals surface area contributed by atoms with Crippen LogP contribution in [0.5, 0.6) is 0 Å². The number of hydroxylamine groups is 1. The first-order chi connectivity index (χ1) is 17.6. The van der Waals surface area contributed by atoms with E-state index in [0.717, 1.165) is 17.0 Å². The Kier molecular flexibility index (Phi) is 6.17. The van der Waals surface area contributed by atoms with E-state index in [-0.39, 0.29) is 11.3 Å². The smallest absolute Gasteiger partial charge is 0.416 e. The van der Waals surface area contributed by atoms with Crippen molar-refractivity contribution in [2.45, 2.75) is 18.3 Å². The van der Waals surface area contributed by atoms with Gasteiger partial charge in [-0.2, -0.15) is 13.2 Å². The van der Waals surface area contributed by atoms with Crippen molar-refractivity contribution in [3.05, 3.63) is 94.5 Å². The third kappa shape index (κ3) is 4.32. The quantitative estimate of drug-likeness (QED) is 0.341. The summed E-state index contributed by atoms with van der Waals surface area (Å²) in [6.07, 6.45) is -5.74. The van der Waals surface area contributed by atoms with Crippen molar-refractivity contribution in [1.29, 1.82) is 0 Å². The van der Waals surface area contributed by atoms with Crippen LogP contribution in [0.4, 0.5) is 24.5 Å². The van der Waals surface area contributed by atoms with Gasteiger partial charge in [-0.25, -0.2) is 14.8 Å². The zero-order valence-electron chi connectivity index (χ0n) is 19.1. The molecule has 7 nitrogen and oxygen atoms in total.